The number of hydrogen-bond donors (Lipinski definition) is 1. The van der Waals surface area contributed by atoms with E-state index < -0.39 is 17.8 Å². The number of hydrogen-bond acceptors (Lipinski definition) is 2. The zero-order valence-corrected chi connectivity index (χ0v) is 7.88. The second-order valence-corrected chi connectivity index (χ2v) is 3.15. The summed E-state index contributed by atoms with van der Waals surface area (Å²) in [5.41, 5.74) is -0.357. The van der Waals surface area contributed by atoms with Crippen LogP contribution in [0, 0.1) is 6.92 Å². The van der Waals surface area contributed by atoms with Gasteiger partial charge < -0.3 is 9.90 Å². The molecule has 2 nitrogen and oxygen atoms in total. The Kier molecular flexibility index (Phi) is 3.14. The van der Waals surface area contributed by atoms with Gasteiger partial charge in [0.2, 0.25) is 0 Å². The van der Waals surface area contributed by atoms with Crippen LogP contribution in [0.5, 0.6) is 0 Å². The van der Waals surface area contributed by atoms with Crippen molar-refractivity contribution in [2.75, 3.05) is 0 Å². The maximum Gasteiger partial charge on any atom is 0.416 e. The zero-order chi connectivity index (χ0) is 11.6. The van der Waals surface area contributed by atoms with E-state index in [1.165, 1.54) is 6.92 Å². The molecule has 0 amide bonds. The Morgan fingerprint density at radius 1 is 1.40 bits per heavy atom. The van der Waals surface area contributed by atoms with Crippen LogP contribution in [0.2, 0.25) is 0 Å². The second kappa shape index (κ2) is 4.02. The molecule has 0 aliphatic rings. The van der Waals surface area contributed by atoms with Gasteiger partial charge in [-0.3, -0.25) is 0 Å². The van der Waals surface area contributed by atoms with Gasteiger partial charge >= 0.3 is 6.18 Å². The Hall–Kier alpha value is -1.36. The standard InChI is InChI=1S/C10H9F3O2/c1-6-4-7(10(11,12)13)2-3-8(6)9(15)5-14/h2-5,9,15H,1H3. The molecule has 5 heteroatoms. The van der Waals surface area contributed by atoms with E-state index in [4.69, 9.17) is 5.11 Å². The van der Waals surface area contributed by atoms with Gasteiger partial charge in [0.15, 0.2) is 6.29 Å². The van der Waals surface area contributed by atoms with E-state index in [1.54, 1.807) is 0 Å². The third-order valence-corrected chi connectivity index (χ3v) is 2.04. The van der Waals surface area contributed by atoms with Gasteiger partial charge in [-0.2, -0.15) is 13.2 Å². The Bertz CT molecular complexity index is 371. The van der Waals surface area contributed by atoms with Crippen LogP contribution in [0.25, 0.3) is 0 Å². The molecule has 0 aromatic heterocycles. The highest BCUT2D eigenvalue weighted by atomic mass is 19.4. The first-order chi connectivity index (χ1) is 6.86. The summed E-state index contributed by atoms with van der Waals surface area (Å²) in [5, 5.41) is 9.15. The van der Waals surface area contributed by atoms with Gasteiger partial charge in [0, 0.05) is 0 Å². The van der Waals surface area contributed by atoms with Crippen molar-refractivity contribution in [3.8, 4) is 0 Å². The average Bonchev–Trinajstić information content (AvgIpc) is 2.15. The topological polar surface area (TPSA) is 37.3 Å². The third kappa shape index (κ3) is 2.56. The lowest BCUT2D eigenvalue weighted by Crippen LogP contribution is -2.07. The SMILES string of the molecule is Cc1cc(C(F)(F)F)ccc1C(O)C=O. The summed E-state index contributed by atoms with van der Waals surface area (Å²) in [7, 11) is 0. The Morgan fingerprint density at radius 3 is 2.40 bits per heavy atom. The molecule has 1 aromatic carbocycles. The van der Waals surface area contributed by atoms with Crippen molar-refractivity contribution in [2.45, 2.75) is 19.2 Å². The maximum absolute atomic E-state index is 12.3. The minimum atomic E-state index is -4.41. The number of carbonyl (C=O) groups is 1. The van der Waals surface area contributed by atoms with Crippen LogP contribution in [0.15, 0.2) is 18.2 Å². The van der Waals surface area contributed by atoms with Gasteiger partial charge in [-0.1, -0.05) is 6.07 Å². The van der Waals surface area contributed by atoms with Crippen LogP contribution in [0.1, 0.15) is 22.8 Å². The number of aldehydes is 1. The molecule has 0 aliphatic heterocycles. The van der Waals surface area contributed by atoms with Crippen LogP contribution in [0.3, 0.4) is 0 Å². The molecular weight excluding hydrogens is 209 g/mol. The van der Waals surface area contributed by atoms with E-state index >= 15 is 0 Å². The van der Waals surface area contributed by atoms with Crippen molar-refractivity contribution >= 4 is 6.29 Å². The molecule has 15 heavy (non-hydrogen) atoms. The second-order valence-electron chi connectivity index (χ2n) is 3.15. The quantitative estimate of drug-likeness (QED) is 0.773. The summed E-state index contributed by atoms with van der Waals surface area (Å²) in [6.07, 6.45) is -5.50. The van der Waals surface area contributed by atoms with Gasteiger partial charge in [0.05, 0.1) is 5.56 Å². The van der Waals surface area contributed by atoms with Crippen LogP contribution >= 0.6 is 0 Å². The summed E-state index contributed by atoms with van der Waals surface area (Å²) >= 11 is 0. The minimum Gasteiger partial charge on any atom is -0.381 e. The molecule has 0 bridgehead atoms. The van der Waals surface area contributed by atoms with Gasteiger partial charge in [0.25, 0.3) is 0 Å². The van der Waals surface area contributed by atoms with Crippen molar-refractivity contribution in [1.82, 2.24) is 0 Å². The number of aliphatic hydroxyl groups is 1. The molecule has 0 aliphatic carbocycles. The zero-order valence-electron chi connectivity index (χ0n) is 7.88. The monoisotopic (exact) mass is 218 g/mol. The molecule has 82 valence electrons. The molecule has 1 rings (SSSR count). The van der Waals surface area contributed by atoms with E-state index in [0.29, 0.717) is 0 Å². The molecule has 1 unspecified atom stereocenters. The minimum absolute atomic E-state index is 0.193. The molecule has 0 saturated heterocycles. The first-order valence-electron chi connectivity index (χ1n) is 4.17. The maximum atomic E-state index is 12.3. The fourth-order valence-electron chi connectivity index (χ4n) is 1.26. The average molecular weight is 218 g/mol. The summed E-state index contributed by atoms with van der Waals surface area (Å²) < 4.78 is 36.8. The Labute approximate surface area is 84.3 Å². The predicted octanol–water partition coefficient (Wildman–Crippen LogP) is 2.25. The summed E-state index contributed by atoms with van der Waals surface area (Å²) in [6, 6.07) is 2.86. The predicted molar refractivity (Wildman–Crippen MR) is 47.2 cm³/mol. The summed E-state index contributed by atoms with van der Waals surface area (Å²) in [6.45, 7) is 1.41. The van der Waals surface area contributed by atoms with Gasteiger partial charge in [-0.15, -0.1) is 0 Å². The molecule has 1 N–H and O–H groups in total. The molecule has 1 aromatic rings. The van der Waals surface area contributed by atoms with E-state index in [0.717, 1.165) is 18.2 Å². The van der Waals surface area contributed by atoms with Crippen LogP contribution in [-0.4, -0.2) is 11.4 Å². The number of aryl methyl sites for hydroxylation is 1. The molecule has 1 atom stereocenters. The van der Waals surface area contributed by atoms with Gasteiger partial charge in [0.1, 0.15) is 6.10 Å². The number of aliphatic hydroxyl groups excluding tert-OH is 1. The fraction of sp³-hybridized carbons (Fsp3) is 0.300. The van der Waals surface area contributed by atoms with Gasteiger partial charge in [-0.25, -0.2) is 0 Å². The highest BCUT2D eigenvalue weighted by Gasteiger charge is 2.30. The van der Waals surface area contributed by atoms with Crippen molar-refractivity contribution < 1.29 is 23.1 Å². The normalized spacial score (nSPS) is 13.7. The van der Waals surface area contributed by atoms with Crippen LogP contribution in [0.4, 0.5) is 13.2 Å². The lowest BCUT2D eigenvalue weighted by molar-refractivity contribution is -0.137. The van der Waals surface area contributed by atoms with Crippen molar-refractivity contribution in [2.24, 2.45) is 0 Å². The van der Waals surface area contributed by atoms with Crippen LogP contribution < -0.4 is 0 Å². The van der Waals surface area contributed by atoms with Gasteiger partial charge in [-0.05, 0) is 30.2 Å². The molecular formula is C10H9F3O2. The number of benzene rings is 1. The van der Waals surface area contributed by atoms with Crippen molar-refractivity contribution in [3.05, 3.63) is 34.9 Å². The first-order valence-corrected chi connectivity index (χ1v) is 4.17. The van der Waals surface area contributed by atoms with E-state index in [-0.39, 0.29) is 17.4 Å². The van der Waals surface area contributed by atoms with E-state index in [2.05, 4.69) is 0 Å². The van der Waals surface area contributed by atoms with Crippen molar-refractivity contribution in [1.29, 1.82) is 0 Å². The molecule has 0 saturated carbocycles. The third-order valence-electron chi connectivity index (χ3n) is 2.04. The smallest absolute Gasteiger partial charge is 0.381 e. The van der Waals surface area contributed by atoms with E-state index in [9.17, 15) is 18.0 Å². The van der Waals surface area contributed by atoms with Crippen molar-refractivity contribution in [3.63, 3.8) is 0 Å². The molecule has 0 spiro atoms. The highest BCUT2D eigenvalue weighted by molar-refractivity contribution is 5.60. The fourth-order valence-corrected chi connectivity index (χ4v) is 1.26. The number of halogens is 3. The molecule has 0 fully saturated rings. The lowest BCUT2D eigenvalue weighted by Gasteiger charge is -2.11. The number of alkyl halides is 3. The van der Waals surface area contributed by atoms with E-state index in [1.807, 2.05) is 0 Å². The number of rotatable bonds is 2. The number of carbonyl (C=O) groups excluding carboxylic acids is 1. The Morgan fingerprint density at radius 2 is 2.00 bits per heavy atom. The summed E-state index contributed by atoms with van der Waals surface area (Å²) in [5.74, 6) is 0. The lowest BCUT2D eigenvalue weighted by atomic mass is 10.0. The highest BCUT2D eigenvalue weighted by Crippen LogP contribution is 2.31. The van der Waals surface area contributed by atoms with Crippen LogP contribution in [-0.2, 0) is 11.0 Å². The first kappa shape index (κ1) is 11.7. The molecule has 0 heterocycles. The molecule has 0 radical (unpaired) electrons. The largest absolute Gasteiger partial charge is 0.416 e. The Balaban J connectivity index is 3.14. The summed E-state index contributed by atoms with van der Waals surface area (Å²) in [4.78, 5) is 10.3.